The number of phenolic OH excluding ortho intramolecular Hbond substituents is 1. The molecule has 0 bridgehead atoms. The monoisotopic (exact) mass is 296 g/mol. The van der Waals surface area contributed by atoms with Crippen LogP contribution in [-0.2, 0) is 6.54 Å². The minimum Gasteiger partial charge on any atom is -0.508 e. The summed E-state index contributed by atoms with van der Waals surface area (Å²) in [6, 6.07) is 9.32. The highest BCUT2D eigenvalue weighted by Crippen LogP contribution is 2.29. The molecule has 0 fully saturated rings. The van der Waals surface area contributed by atoms with E-state index in [0.29, 0.717) is 0 Å². The fraction of sp³-hybridized carbons (Fsp3) is 0.286. The fourth-order valence-corrected chi connectivity index (χ4v) is 3.06. The largest absolute Gasteiger partial charge is 0.508 e. The van der Waals surface area contributed by atoms with E-state index in [-0.39, 0.29) is 11.8 Å². The molecule has 0 spiro atoms. The van der Waals surface area contributed by atoms with E-state index in [0.717, 1.165) is 22.1 Å². The number of nitrogens with two attached hydrogens (primary N) is 1. The Kier molecular flexibility index (Phi) is 4.34. The third-order valence-electron chi connectivity index (χ3n) is 2.97. The fourth-order valence-electron chi connectivity index (χ4n) is 1.92. The Balaban J connectivity index is 2.15. The second kappa shape index (κ2) is 5.82. The molecule has 1 aromatic carbocycles. The quantitative estimate of drug-likeness (QED) is 0.903. The molecule has 1 atom stereocenters. The molecule has 1 unspecified atom stereocenters. The molecule has 0 saturated heterocycles. The van der Waals surface area contributed by atoms with Crippen molar-refractivity contribution in [1.82, 2.24) is 0 Å². The predicted molar refractivity (Wildman–Crippen MR) is 82.1 cm³/mol. The van der Waals surface area contributed by atoms with Crippen LogP contribution in [-0.4, -0.2) is 12.2 Å². The molecule has 0 aliphatic heterocycles. The molecule has 2 rings (SSSR count). The van der Waals surface area contributed by atoms with E-state index in [1.807, 2.05) is 38.2 Å². The first-order valence-electron chi connectivity index (χ1n) is 6.01. The Morgan fingerprint density at radius 1 is 1.37 bits per heavy atom. The zero-order valence-corrected chi connectivity index (χ0v) is 12.5. The number of hydrogen-bond acceptors (Lipinski definition) is 4. The first-order valence-corrected chi connectivity index (χ1v) is 7.20. The lowest BCUT2D eigenvalue weighted by Gasteiger charge is -2.20. The van der Waals surface area contributed by atoms with Gasteiger partial charge in [0.1, 0.15) is 5.75 Å². The lowest BCUT2D eigenvalue weighted by molar-refractivity contribution is 0.464. The van der Waals surface area contributed by atoms with Crippen molar-refractivity contribution in [1.29, 1.82) is 0 Å². The van der Waals surface area contributed by atoms with Gasteiger partial charge in [-0.25, -0.2) is 0 Å². The standard InChI is InChI=1S/C14H17ClN2OS/c1-9(16)12-5-3-10(7-13(12)18)17(2)8-11-4-6-14(15)19-11/h3-7,9,18H,8,16H2,1-2H3. The first-order chi connectivity index (χ1) is 8.97. The van der Waals surface area contributed by atoms with Gasteiger partial charge in [-0.1, -0.05) is 17.7 Å². The van der Waals surface area contributed by atoms with Gasteiger partial charge >= 0.3 is 0 Å². The van der Waals surface area contributed by atoms with E-state index in [1.165, 1.54) is 4.88 Å². The van der Waals surface area contributed by atoms with Crippen LogP contribution in [0.1, 0.15) is 23.4 Å². The molecular formula is C14H17ClN2OS. The molecule has 5 heteroatoms. The SMILES string of the molecule is CC(N)c1ccc(N(C)Cc2ccc(Cl)s2)cc1O. The molecule has 0 aliphatic carbocycles. The molecule has 0 saturated carbocycles. The van der Waals surface area contributed by atoms with Gasteiger partial charge in [0.2, 0.25) is 0 Å². The second-order valence-corrected chi connectivity index (χ2v) is 6.39. The Labute approximate surface area is 122 Å². The number of thiophene rings is 1. The summed E-state index contributed by atoms with van der Waals surface area (Å²) in [5, 5.41) is 9.96. The van der Waals surface area contributed by atoms with Crippen LogP contribution in [0.25, 0.3) is 0 Å². The van der Waals surface area contributed by atoms with Crippen LogP contribution >= 0.6 is 22.9 Å². The van der Waals surface area contributed by atoms with E-state index in [1.54, 1.807) is 17.4 Å². The number of benzene rings is 1. The third kappa shape index (κ3) is 3.41. The Morgan fingerprint density at radius 3 is 2.63 bits per heavy atom. The molecule has 2 aromatic rings. The number of hydrogen-bond donors (Lipinski definition) is 2. The second-order valence-electron chi connectivity index (χ2n) is 4.59. The van der Waals surface area contributed by atoms with Crippen LogP contribution in [0.2, 0.25) is 4.34 Å². The number of anilines is 1. The maximum absolute atomic E-state index is 9.96. The molecule has 1 aromatic heterocycles. The molecule has 0 radical (unpaired) electrons. The highest BCUT2D eigenvalue weighted by molar-refractivity contribution is 7.16. The van der Waals surface area contributed by atoms with Gasteiger partial charge in [0.25, 0.3) is 0 Å². The molecule has 3 N–H and O–H groups in total. The van der Waals surface area contributed by atoms with Crippen molar-refractivity contribution in [2.75, 3.05) is 11.9 Å². The van der Waals surface area contributed by atoms with Gasteiger partial charge < -0.3 is 15.7 Å². The summed E-state index contributed by atoms with van der Waals surface area (Å²) in [6.45, 7) is 2.61. The normalized spacial score (nSPS) is 12.4. The van der Waals surface area contributed by atoms with Gasteiger partial charge in [0, 0.05) is 35.3 Å². The van der Waals surface area contributed by atoms with Crippen LogP contribution in [0.3, 0.4) is 0 Å². The van der Waals surface area contributed by atoms with Crippen LogP contribution in [0.4, 0.5) is 5.69 Å². The molecule has 0 amide bonds. The highest BCUT2D eigenvalue weighted by Gasteiger charge is 2.10. The molecule has 19 heavy (non-hydrogen) atoms. The van der Waals surface area contributed by atoms with Gasteiger partial charge in [-0.15, -0.1) is 11.3 Å². The smallest absolute Gasteiger partial charge is 0.122 e. The molecule has 102 valence electrons. The van der Waals surface area contributed by atoms with Gasteiger partial charge in [-0.3, -0.25) is 0 Å². The summed E-state index contributed by atoms with van der Waals surface area (Å²) in [5.74, 6) is 0.239. The van der Waals surface area contributed by atoms with Crippen LogP contribution in [0.15, 0.2) is 30.3 Å². The highest BCUT2D eigenvalue weighted by atomic mass is 35.5. The molecule has 1 heterocycles. The maximum atomic E-state index is 9.96. The summed E-state index contributed by atoms with van der Waals surface area (Å²) < 4.78 is 0.790. The number of halogens is 1. The lowest BCUT2D eigenvalue weighted by atomic mass is 10.1. The average Bonchev–Trinajstić information content (AvgIpc) is 2.74. The first kappa shape index (κ1) is 14.2. The summed E-state index contributed by atoms with van der Waals surface area (Å²) in [7, 11) is 1.98. The summed E-state index contributed by atoms with van der Waals surface area (Å²) in [4.78, 5) is 3.25. The van der Waals surface area contributed by atoms with Crippen molar-refractivity contribution in [2.45, 2.75) is 19.5 Å². The van der Waals surface area contributed by atoms with Crippen molar-refractivity contribution < 1.29 is 5.11 Å². The van der Waals surface area contributed by atoms with E-state index < -0.39 is 0 Å². The lowest BCUT2D eigenvalue weighted by Crippen LogP contribution is -2.15. The number of rotatable bonds is 4. The Hall–Kier alpha value is -1.23. The van der Waals surface area contributed by atoms with Crippen molar-refractivity contribution in [3.8, 4) is 5.75 Å². The predicted octanol–water partition coefficient (Wildman–Crippen LogP) is 3.76. The van der Waals surface area contributed by atoms with Crippen molar-refractivity contribution in [2.24, 2.45) is 5.73 Å². The number of nitrogens with zero attached hydrogens (tertiary/aromatic N) is 1. The van der Waals surface area contributed by atoms with Gasteiger partial charge in [0.15, 0.2) is 0 Å². The number of phenols is 1. The van der Waals surface area contributed by atoms with Gasteiger partial charge in [-0.05, 0) is 25.1 Å². The maximum Gasteiger partial charge on any atom is 0.122 e. The van der Waals surface area contributed by atoms with Crippen molar-refractivity contribution in [3.63, 3.8) is 0 Å². The van der Waals surface area contributed by atoms with Crippen LogP contribution in [0.5, 0.6) is 5.75 Å². The molecular weight excluding hydrogens is 280 g/mol. The van der Waals surface area contributed by atoms with Crippen LogP contribution < -0.4 is 10.6 Å². The van der Waals surface area contributed by atoms with E-state index in [9.17, 15) is 5.11 Å². The summed E-state index contributed by atoms with van der Waals surface area (Å²) >= 11 is 7.48. The van der Waals surface area contributed by atoms with Gasteiger partial charge in [0.05, 0.1) is 10.9 Å². The summed E-state index contributed by atoms with van der Waals surface area (Å²) in [6.07, 6.45) is 0. The molecule has 3 nitrogen and oxygen atoms in total. The van der Waals surface area contributed by atoms with E-state index in [4.69, 9.17) is 17.3 Å². The van der Waals surface area contributed by atoms with E-state index in [2.05, 4.69) is 4.90 Å². The van der Waals surface area contributed by atoms with Crippen LogP contribution in [0, 0.1) is 0 Å². The number of aromatic hydroxyl groups is 1. The van der Waals surface area contributed by atoms with Crippen molar-refractivity contribution in [3.05, 3.63) is 45.1 Å². The minimum absolute atomic E-state index is 0.171. The zero-order valence-electron chi connectivity index (χ0n) is 10.9. The van der Waals surface area contributed by atoms with Crippen molar-refractivity contribution >= 4 is 28.6 Å². The summed E-state index contributed by atoms with van der Waals surface area (Å²) in [5.41, 5.74) is 7.49. The van der Waals surface area contributed by atoms with Gasteiger partial charge in [-0.2, -0.15) is 0 Å². The average molecular weight is 297 g/mol. The minimum atomic E-state index is -0.171. The topological polar surface area (TPSA) is 49.5 Å². The Morgan fingerprint density at radius 2 is 2.11 bits per heavy atom. The Bertz CT molecular complexity index is 568. The third-order valence-corrected chi connectivity index (χ3v) is 4.18. The molecule has 0 aliphatic rings. The van der Waals surface area contributed by atoms with E-state index >= 15 is 0 Å². The zero-order chi connectivity index (χ0) is 14.0.